The van der Waals surface area contributed by atoms with Crippen molar-refractivity contribution in [2.45, 2.75) is 45.3 Å². The van der Waals surface area contributed by atoms with Crippen LogP contribution in [0.5, 0.6) is 5.75 Å². The highest BCUT2D eigenvalue weighted by Crippen LogP contribution is 2.28. The summed E-state index contributed by atoms with van der Waals surface area (Å²) in [5.74, 6) is -0.657. The molecule has 1 aliphatic rings. The number of likely N-dealkylation sites (tertiary alicyclic amines) is 1. The zero-order valence-corrected chi connectivity index (χ0v) is 16.1. The molecule has 0 aromatic heterocycles. The Morgan fingerprint density at radius 2 is 1.81 bits per heavy atom. The molecule has 0 radical (unpaired) electrons. The number of hydrogen-bond acceptors (Lipinski definition) is 5. The second-order valence-electron chi connectivity index (χ2n) is 7.66. The van der Waals surface area contributed by atoms with Gasteiger partial charge < -0.3 is 24.4 Å². The van der Waals surface area contributed by atoms with Crippen molar-refractivity contribution in [1.82, 2.24) is 4.90 Å². The minimum absolute atomic E-state index is 0.135. The van der Waals surface area contributed by atoms with Crippen LogP contribution in [-0.4, -0.2) is 61.0 Å². The van der Waals surface area contributed by atoms with Gasteiger partial charge in [0.15, 0.2) is 0 Å². The molecule has 1 aliphatic heterocycles. The Morgan fingerprint density at radius 3 is 2.31 bits per heavy atom. The Morgan fingerprint density at radius 1 is 1.19 bits per heavy atom. The number of carbonyl (C=O) groups excluding carboxylic acids is 1. The molecule has 144 valence electrons. The summed E-state index contributed by atoms with van der Waals surface area (Å²) in [6, 6.07) is 5.05. The van der Waals surface area contributed by atoms with E-state index in [9.17, 15) is 14.7 Å². The van der Waals surface area contributed by atoms with Gasteiger partial charge in [-0.25, -0.2) is 9.59 Å². The number of hydrogen-bond donors (Lipinski definition) is 1. The Labute approximate surface area is 154 Å². The standard InChI is InChI=1S/C19H28N2O5/c1-19(2,3)26-18(24)21-10-8-14(9-11-21)25-16-12-13(20(4)5)6-7-15(16)17(22)23/h6-7,12,14H,8-11H2,1-5H3,(H,22,23). The molecule has 1 N–H and O–H groups in total. The number of nitrogens with zero attached hydrogens (tertiary/aromatic N) is 2. The van der Waals surface area contributed by atoms with Gasteiger partial charge in [0.25, 0.3) is 0 Å². The number of carboxylic acids is 1. The second kappa shape index (κ2) is 7.85. The molecule has 1 aromatic carbocycles. The number of aromatic carboxylic acids is 1. The third kappa shape index (κ3) is 5.28. The number of piperidine rings is 1. The molecule has 1 amide bonds. The fourth-order valence-electron chi connectivity index (χ4n) is 2.73. The molecule has 7 nitrogen and oxygen atoms in total. The Kier molecular flexibility index (Phi) is 6.00. The summed E-state index contributed by atoms with van der Waals surface area (Å²) < 4.78 is 11.4. The number of benzene rings is 1. The zero-order chi connectivity index (χ0) is 19.5. The molecule has 1 saturated heterocycles. The second-order valence-corrected chi connectivity index (χ2v) is 7.66. The fraction of sp³-hybridized carbons (Fsp3) is 0.579. The molecule has 0 spiro atoms. The highest BCUT2D eigenvalue weighted by atomic mass is 16.6. The van der Waals surface area contributed by atoms with Crippen molar-refractivity contribution in [2.24, 2.45) is 0 Å². The van der Waals surface area contributed by atoms with E-state index in [2.05, 4.69) is 0 Å². The lowest BCUT2D eigenvalue weighted by molar-refractivity contribution is 0.0126. The molecule has 0 saturated carbocycles. The fourth-order valence-corrected chi connectivity index (χ4v) is 2.73. The first-order chi connectivity index (χ1) is 12.1. The maximum absolute atomic E-state index is 12.1. The first-order valence-electron chi connectivity index (χ1n) is 8.76. The van der Waals surface area contributed by atoms with Crippen molar-refractivity contribution in [3.05, 3.63) is 23.8 Å². The van der Waals surface area contributed by atoms with E-state index in [-0.39, 0.29) is 17.8 Å². The van der Waals surface area contributed by atoms with Crippen molar-refractivity contribution >= 4 is 17.7 Å². The Balaban J connectivity index is 2.02. The third-order valence-corrected chi connectivity index (χ3v) is 4.10. The van der Waals surface area contributed by atoms with Crippen LogP contribution in [0, 0.1) is 0 Å². The van der Waals surface area contributed by atoms with E-state index in [1.165, 1.54) is 0 Å². The molecule has 7 heteroatoms. The molecule has 0 unspecified atom stereocenters. The van der Waals surface area contributed by atoms with Gasteiger partial charge in [-0.2, -0.15) is 0 Å². The molecular formula is C19H28N2O5. The number of carbonyl (C=O) groups is 2. The van der Waals surface area contributed by atoms with Gasteiger partial charge in [-0.3, -0.25) is 0 Å². The van der Waals surface area contributed by atoms with E-state index in [0.29, 0.717) is 31.7 Å². The van der Waals surface area contributed by atoms with Gasteiger partial charge in [0.2, 0.25) is 0 Å². The first kappa shape index (κ1) is 19.9. The average Bonchev–Trinajstić information content (AvgIpc) is 2.53. The van der Waals surface area contributed by atoms with E-state index in [1.54, 1.807) is 23.1 Å². The number of carboxylic acid groups (broad SMARTS) is 1. The van der Waals surface area contributed by atoms with E-state index in [0.717, 1.165) is 5.69 Å². The van der Waals surface area contributed by atoms with E-state index in [4.69, 9.17) is 9.47 Å². The molecule has 1 fully saturated rings. The normalized spacial score (nSPS) is 15.5. The molecule has 1 aromatic rings. The van der Waals surface area contributed by atoms with Crippen molar-refractivity contribution in [3.63, 3.8) is 0 Å². The number of rotatable bonds is 4. The van der Waals surface area contributed by atoms with Gasteiger partial charge in [0, 0.05) is 51.8 Å². The summed E-state index contributed by atoms with van der Waals surface area (Å²) in [6.45, 7) is 6.56. The van der Waals surface area contributed by atoms with Crippen LogP contribution in [-0.2, 0) is 4.74 Å². The largest absolute Gasteiger partial charge is 0.489 e. The SMILES string of the molecule is CN(C)c1ccc(C(=O)O)c(OC2CCN(C(=O)OC(C)(C)C)CC2)c1. The number of anilines is 1. The molecular weight excluding hydrogens is 336 g/mol. The lowest BCUT2D eigenvalue weighted by Crippen LogP contribution is -2.44. The maximum Gasteiger partial charge on any atom is 0.410 e. The van der Waals surface area contributed by atoms with Crippen molar-refractivity contribution in [2.75, 3.05) is 32.1 Å². The molecule has 0 atom stereocenters. The Hall–Kier alpha value is -2.44. The topological polar surface area (TPSA) is 79.3 Å². The summed E-state index contributed by atoms with van der Waals surface area (Å²) in [4.78, 5) is 27.1. The van der Waals surface area contributed by atoms with Crippen molar-refractivity contribution < 1.29 is 24.2 Å². The number of ether oxygens (including phenoxy) is 2. The van der Waals surface area contributed by atoms with Crippen LogP contribution in [0.2, 0.25) is 0 Å². The lowest BCUT2D eigenvalue weighted by Gasteiger charge is -2.33. The van der Waals surface area contributed by atoms with Crippen LogP contribution in [0.15, 0.2) is 18.2 Å². The quantitative estimate of drug-likeness (QED) is 0.884. The predicted molar refractivity (Wildman–Crippen MR) is 99.2 cm³/mol. The van der Waals surface area contributed by atoms with Gasteiger partial charge >= 0.3 is 12.1 Å². The maximum atomic E-state index is 12.1. The zero-order valence-electron chi connectivity index (χ0n) is 16.1. The van der Waals surface area contributed by atoms with Crippen LogP contribution in [0.3, 0.4) is 0 Å². The smallest absolute Gasteiger partial charge is 0.410 e. The summed E-state index contributed by atoms with van der Waals surface area (Å²) in [5, 5.41) is 9.38. The minimum Gasteiger partial charge on any atom is -0.489 e. The molecule has 26 heavy (non-hydrogen) atoms. The van der Waals surface area contributed by atoms with Gasteiger partial charge in [0.1, 0.15) is 23.0 Å². The first-order valence-corrected chi connectivity index (χ1v) is 8.76. The van der Waals surface area contributed by atoms with Crippen LogP contribution in [0.4, 0.5) is 10.5 Å². The van der Waals surface area contributed by atoms with Gasteiger partial charge in [-0.1, -0.05) is 0 Å². The highest BCUT2D eigenvalue weighted by Gasteiger charge is 2.28. The van der Waals surface area contributed by atoms with Crippen LogP contribution < -0.4 is 9.64 Å². The molecule has 0 aliphatic carbocycles. The summed E-state index contributed by atoms with van der Waals surface area (Å²) >= 11 is 0. The van der Waals surface area contributed by atoms with Crippen LogP contribution >= 0.6 is 0 Å². The van der Waals surface area contributed by atoms with E-state index in [1.807, 2.05) is 39.8 Å². The minimum atomic E-state index is -1.02. The third-order valence-electron chi connectivity index (χ3n) is 4.10. The summed E-state index contributed by atoms with van der Waals surface area (Å²) in [5.41, 5.74) is 0.495. The number of amides is 1. The van der Waals surface area contributed by atoms with E-state index >= 15 is 0 Å². The van der Waals surface area contributed by atoms with Crippen LogP contribution in [0.1, 0.15) is 44.0 Å². The molecule has 0 bridgehead atoms. The van der Waals surface area contributed by atoms with Crippen molar-refractivity contribution in [3.8, 4) is 5.75 Å². The summed E-state index contributed by atoms with van der Waals surface area (Å²) in [7, 11) is 3.78. The van der Waals surface area contributed by atoms with Gasteiger partial charge in [-0.15, -0.1) is 0 Å². The molecule has 1 heterocycles. The lowest BCUT2D eigenvalue weighted by atomic mass is 10.1. The van der Waals surface area contributed by atoms with Gasteiger partial charge in [-0.05, 0) is 32.9 Å². The molecule has 2 rings (SSSR count). The predicted octanol–water partition coefficient (Wildman–Crippen LogP) is 3.23. The van der Waals surface area contributed by atoms with Crippen molar-refractivity contribution in [1.29, 1.82) is 0 Å². The monoisotopic (exact) mass is 364 g/mol. The van der Waals surface area contributed by atoms with E-state index < -0.39 is 11.6 Å². The van der Waals surface area contributed by atoms with Crippen LogP contribution in [0.25, 0.3) is 0 Å². The average molecular weight is 364 g/mol. The Bertz CT molecular complexity index is 658. The van der Waals surface area contributed by atoms with Gasteiger partial charge in [0.05, 0.1) is 0 Å². The highest BCUT2D eigenvalue weighted by molar-refractivity contribution is 5.91. The summed E-state index contributed by atoms with van der Waals surface area (Å²) in [6.07, 6.45) is 0.801.